The Balaban J connectivity index is 0.000000230. The highest BCUT2D eigenvalue weighted by Crippen LogP contribution is 2.27. The van der Waals surface area contributed by atoms with Crippen molar-refractivity contribution >= 4 is 53.2 Å². The third-order valence-electron chi connectivity index (χ3n) is 6.04. The molecule has 0 unspecified atom stereocenters. The molecule has 3 heterocycles. The molecule has 0 radical (unpaired) electrons. The Bertz CT molecular complexity index is 2720. The number of aromatic amines is 2. The molecule has 3 aromatic heterocycles. The van der Waals surface area contributed by atoms with Gasteiger partial charge in [0.1, 0.15) is 5.69 Å². The summed E-state index contributed by atoms with van der Waals surface area (Å²) < 4.78 is 60.0. The molecule has 2 aromatic carbocycles. The van der Waals surface area contributed by atoms with Crippen LogP contribution in [-0.2, 0) is 26.5 Å². The number of halogens is 1. The smallest absolute Gasteiger partial charge is 0.305 e. The molecule has 49 heavy (non-hydrogen) atoms. The number of H-pyrrole nitrogens is 2. The van der Waals surface area contributed by atoms with Crippen LogP contribution in [0.4, 0.5) is 15.8 Å². The number of nitrogens with zero attached hydrogens (tertiary/aromatic N) is 7. The van der Waals surface area contributed by atoms with Crippen molar-refractivity contribution in [3.8, 4) is 11.8 Å². The first-order valence-corrected chi connectivity index (χ1v) is 16.4. The molecule has 0 aliphatic rings. The summed E-state index contributed by atoms with van der Waals surface area (Å²) in [6.07, 6.45) is 4.06. The number of hydrogen-bond donors (Lipinski definition) is 4. The number of benzene rings is 2. The highest BCUT2D eigenvalue weighted by molar-refractivity contribution is 7.91. The Kier molecular flexibility index (Phi) is 9.17. The molecule has 0 saturated carbocycles. The van der Waals surface area contributed by atoms with Gasteiger partial charge in [-0.15, -0.1) is 0 Å². The fourth-order valence-corrected chi connectivity index (χ4v) is 5.12. The van der Waals surface area contributed by atoms with Gasteiger partial charge in [-0.25, -0.2) is 41.1 Å². The first kappa shape index (κ1) is 35.1. The van der Waals surface area contributed by atoms with E-state index in [0.717, 1.165) is 18.4 Å². The Labute approximate surface area is 268 Å². The number of sulfonamides is 2. The van der Waals surface area contributed by atoms with Gasteiger partial charge in [0.25, 0.3) is 16.8 Å². The largest absolute Gasteiger partial charge is 0.348 e. The van der Waals surface area contributed by atoms with Crippen molar-refractivity contribution in [2.45, 2.75) is 6.42 Å². The quantitative estimate of drug-likeness (QED) is 0.106. The van der Waals surface area contributed by atoms with E-state index in [1.165, 1.54) is 17.1 Å². The number of fused-ring (bicyclic) bond motifs is 2. The molecular formula is C23H18FN11O12S2. The number of hydrogen-bond acceptors (Lipinski definition) is 14. The van der Waals surface area contributed by atoms with Gasteiger partial charge in [0.15, 0.2) is 0 Å². The molecule has 0 aliphatic carbocycles. The number of nitro groups is 2. The van der Waals surface area contributed by atoms with Crippen molar-refractivity contribution in [3.05, 3.63) is 110 Å². The second-order valence-corrected chi connectivity index (χ2v) is 13.2. The first-order valence-electron chi connectivity index (χ1n) is 12.7. The van der Waals surface area contributed by atoms with Crippen molar-refractivity contribution < 1.29 is 31.1 Å². The molecule has 0 spiro atoms. The predicted octanol–water partition coefficient (Wildman–Crippen LogP) is -1.41. The third kappa shape index (κ3) is 7.63. The van der Waals surface area contributed by atoms with Crippen molar-refractivity contribution in [2.24, 2.45) is 0 Å². The highest BCUT2D eigenvalue weighted by Gasteiger charge is 2.22. The molecule has 5 rings (SSSR count). The maximum atomic E-state index is 13.5. The summed E-state index contributed by atoms with van der Waals surface area (Å²) in [6.45, 7) is 0. The van der Waals surface area contributed by atoms with Crippen LogP contribution in [0.1, 0.15) is 5.69 Å². The van der Waals surface area contributed by atoms with Crippen molar-refractivity contribution in [3.63, 3.8) is 0 Å². The van der Waals surface area contributed by atoms with Gasteiger partial charge in [0, 0.05) is 18.3 Å². The summed E-state index contributed by atoms with van der Waals surface area (Å²) in [6, 6.07) is 5.24. The number of imidazole rings is 1. The van der Waals surface area contributed by atoms with Gasteiger partial charge in [-0.05, 0) is 12.1 Å². The lowest BCUT2D eigenvalue weighted by atomic mass is 10.2. The molecule has 256 valence electrons. The third-order valence-corrected chi connectivity index (χ3v) is 7.07. The van der Waals surface area contributed by atoms with Crippen LogP contribution >= 0.6 is 0 Å². The molecule has 5 aromatic rings. The van der Waals surface area contributed by atoms with E-state index in [4.69, 9.17) is 5.26 Å². The molecule has 26 heteroatoms. The van der Waals surface area contributed by atoms with Gasteiger partial charge in [0.05, 0.1) is 68.7 Å². The number of nitro benzene ring substituents is 2. The second kappa shape index (κ2) is 12.8. The number of rotatable bonds is 8. The lowest BCUT2D eigenvalue weighted by Gasteiger charge is -2.09. The van der Waals surface area contributed by atoms with E-state index in [-0.39, 0.29) is 37.9 Å². The first-order chi connectivity index (χ1) is 22.7. The second-order valence-electron chi connectivity index (χ2n) is 9.73. The zero-order valence-corrected chi connectivity index (χ0v) is 26.0. The van der Waals surface area contributed by atoms with Gasteiger partial charge in [-0.2, -0.15) is 19.0 Å². The monoisotopic (exact) mass is 723 g/mol. The zero-order chi connectivity index (χ0) is 36.6. The molecule has 0 atom stereocenters. The summed E-state index contributed by atoms with van der Waals surface area (Å²) in [4.78, 5) is 80.1. The summed E-state index contributed by atoms with van der Waals surface area (Å²) in [7, 11) is -7.87. The van der Waals surface area contributed by atoms with E-state index in [0.29, 0.717) is 24.1 Å². The van der Waals surface area contributed by atoms with Gasteiger partial charge < -0.3 is 9.97 Å². The van der Waals surface area contributed by atoms with Gasteiger partial charge in [-0.1, -0.05) is 0 Å². The minimum atomic E-state index is -3.94. The summed E-state index contributed by atoms with van der Waals surface area (Å²) in [5, 5.41) is 30.2. The lowest BCUT2D eigenvalue weighted by molar-refractivity contribution is -0.387. The molecule has 0 saturated heterocycles. The van der Waals surface area contributed by atoms with Crippen LogP contribution in [0.15, 0.2) is 56.0 Å². The van der Waals surface area contributed by atoms with Crippen molar-refractivity contribution in [1.82, 2.24) is 28.9 Å². The normalized spacial score (nSPS) is 11.4. The Morgan fingerprint density at radius 3 is 1.78 bits per heavy atom. The molecule has 0 fully saturated rings. The van der Waals surface area contributed by atoms with Crippen LogP contribution in [-0.4, -0.2) is 68.1 Å². The molecule has 0 aliphatic heterocycles. The van der Waals surface area contributed by atoms with E-state index in [9.17, 15) is 60.6 Å². The zero-order valence-electron chi connectivity index (χ0n) is 24.4. The summed E-state index contributed by atoms with van der Waals surface area (Å²) in [5.74, 6) is -1.29. The van der Waals surface area contributed by atoms with Crippen LogP contribution in [0, 0.1) is 37.4 Å². The number of nitrogens with one attached hydrogen (secondary N) is 4. The maximum absolute atomic E-state index is 13.5. The topological polar surface area (TPSA) is 330 Å². The van der Waals surface area contributed by atoms with Crippen LogP contribution in [0.25, 0.3) is 27.5 Å². The fraction of sp³-hybridized carbons (Fsp3) is 0.130. The van der Waals surface area contributed by atoms with Gasteiger partial charge in [-0.3, -0.25) is 34.4 Å². The lowest BCUT2D eigenvalue weighted by Crippen LogP contribution is -2.43. The number of nitriles is 1. The summed E-state index contributed by atoms with van der Waals surface area (Å²) >= 11 is 0. The predicted molar refractivity (Wildman–Crippen MR) is 166 cm³/mol. The Morgan fingerprint density at radius 1 is 0.857 bits per heavy atom. The highest BCUT2D eigenvalue weighted by atomic mass is 32.2. The molecule has 4 N–H and O–H groups in total. The molecule has 0 amide bonds. The average Bonchev–Trinajstić information content (AvgIpc) is 3.45. The standard InChI is InChI=1S/C14H11N7O6S.C9H7FN4O6S/c1-28(26,27)18-20-13(22)9-4-11(19-6-8(2-3-15)16-7-19)12(21(24)25)5-10(9)17-14(20)23;1-21(19,20)12-13-8(15)4-2-5(10)7(14(17)18)3-6(4)11-9(13)16/h4-7,18H,2H2,1H3,(H,17,23);2-3,12H,1H3,(H,11,16). The molecule has 23 nitrogen and oxygen atoms in total. The average molecular weight is 724 g/mol. The minimum Gasteiger partial charge on any atom is -0.305 e. The van der Waals surface area contributed by atoms with Crippen LogP contribution in [0.5, 0.6) is 0 Å². The van der Waals surface area contributed by atoms with Crippen LogP contribution < -0.4 is 32.2 Å². The van der Waals surface area contributed by atoms with Gasteiger partial charge in [0.2, 0.25) is 25.9 Å². The van der Waals surface area contributed by atoms with Crippen molar-refractivity contribution in [2.75, 3.05) is 22.2 Å². The van der Waals surface area contributed by atoms with E-state index in [1.54, 1.807) is 9.66 Å². The summed E-state index contributed by atoms with van der Waals surface area (Å²) in [5.41, 5.74) is -5.94. The van der Waals surface area contributed by atoms with E-state index in [2.05, 4.69) is 15.0 Å². The van der Waals surface area contributed by atoms with E-state index >= 15 is 0 Å². The minimum absolute atomic E-state index is 0.0210. The van der Waals surface area contributed by atoms with E-state index in [1.807, 2.05) is 6.07 Å². The fourth-order valence-electron chi connectivity index (χ4n) is 4.12. The molecular weight excluding hydrogens is 705 g/mol. The number of aromatic nitrogens is 6. The SMILES string of the molecule is CS(=O)(=O)Nn1c(=O)[nH]c2cc([N+](=O)[O-])c(-n3cnc(CC#N)c3)cc2c1=O.CS(=O)(=O)Nn1c(=O)[nH]c2cc([N+](=O)[O-])c(F)cc2c1=O. The van der Waals surface area contributed by atoms with E-state index < -0.39 is 75.0 Å². The van der Waals surface area contributed by atoms with Crippen LogP contribution in [0.3, 0.4) is 0 Å². The Hall–Kier alpha value is -6.75. The van der Waals surface area contributed by atoms with Crippen molar-refractivity contribution in [1.29, 1.82) is 5.26 Å². The Morgan fingerprint density at radius 2 is 1.33 bits per heavy atom. The molecule has 0 bridgehead atoms. The van der Waals surface area contributed by atoms with Gasteiger partial charge >= 0.3 is 17.1 Å². The maximum Gasteiger partial charge on any atom is 0.348 e. The van der Waals surface area contributed by atoms with Crippen LogP contribution in [0.2, 0.25) is 0 Å².